The zero-order valence-corrected chi connectivity index (χ0v) is 7.71. The molecule has 2 rings (SSSR count). The van der Waals surface area contributed by atoms with Gasteiger partial charge in [-0.15, -0.1) is 0 Å². The molecule has 0 radical (unpaired) electrons. The Balaban J connectivity index is 2.87. The highest BCUT2D eigenvalue weighted by molar-refractivity contribution is 7.94. The average Bonchev–Trinajstić information content (AvgIpc) is 2.17. The van der Waals surface area contributed by atoms with Crippen LogP contribution in [0.5, 0.6) is 0 Å². The molecular formula is C10H9NOS. The maximum absolute atomic E-state index is 9.02. The molecule has 3 heteroatoms. The molecule has 0 aromatic heterocycles. The van der Waals surface area contributed by atoms with Gasteiger partial charge in [-0.2, -0.15) is 0 Å². The summed E-state index contributed by atoms with van der Waals surface area (Å²) in [6, 6.07) is 11.5. The van der Waals surface area contributed by atoms with Crippen molar-refractivity contribution in [3.63, 3.8) is 0 Å². The van der Waals surface area contributed by atoms with Crippen LogP contribution in [-0.2, 0) is 0 Å². The Bertz CT molecular complexity index is 437. The van der Waals surface area contributed by atoms with Gasteiger partial charge in [0.1, 0.15) is 0 Å². The first-order chi connectivity index (χ1) is 6.33. The van der Waals surface area contributed by atoms with E-state index < -0.39 is 0 Å². The molecule has 0 fully saturated rings. The molecule has 13 heavy (non-hydrogen) atoms. The van der Waals surface area contributed by atoms with E-state index in [4.69, 9.17) is 10.3 Å². The molecule has 66 valence electrons. The third-order valence-corrected chi connectivity index (χ3v) is 2.53. The fraction of sp³-hybridized carbons (Fsp3) is 0. The first-order valence-corrected chi connectivity index (χ1v) is 4.69. The molecule has 3 N–H and O–H groups in total. The summed E-state index contributed by atoms with van der Waals surface area (Å²) in [6.45, 7) is 0. The number of rotatable bonds is 1. The molecule has 0 heterocycles. The van der Waals surface area contributed by atoms with Crippen molar-refractivity contribution >= 4 is 28.5 Å². The topological polar surface area (TPSA) is 46.2 Å². The second-order valence-electron chi connectivity index (χ2n) is 2.79. The van der Waals surface area contributed by atoms with Crippen molar-refractivity contribution in [2.45, 2.75) is 4.90 Å². The van der Waals surface area contributed by atoms with Crippen molar-refractivity contribution in [2.75, 3.05) is 5.73 Å². The molecule has 0 saturated carbocycles. The van der Waals surface area contributed by atoms with Crippen molar-refractivity contribution in [1.82, 2.24) is 0 Å². The zero-order valence-electron chi connectivity index (χ0n) is 6.90. The van der Waals surface area contributed by atoms with E-state index >= 15 is 0 Å². The number of hydrogen-bond donors (Lipinski definition) is 2. The number of benzene rings is 2. The standard InChI is InChI=1S/C10H9NOS/c11-8-5-1-3-7-4-2-6-9(13-12)10(7)8/h1-6,12H,11H2. The summed E-state index contributed by atoms with van der Waals surface area (Å²) in [4.78, 5) is 0.801. The smallest absolute Gasteiger partial charge is 0.0449 e. The molecule has 0 amide bonds. The van der Waals surface area contributed by atoms with Gasteiger partial charge in [0.2, 0.25) is 0 Å². The van der Waals surface area contributed by atoms with E-state index in [-0.39, 0.29) is 0 Å². The van der Waals surface area contributed by atoms with Gasteiger partial charge < -0.3 is 10.3 Å². The lowest BCUT2D eigenvalue weighted by atomic mass is 10.1. The summed E-state index contributed by atoms with van der Waals surface area (Å²) >= 11 is 0.732. The summed E-state index contributed by atoms with van der Waals surface area (Å²) < 4.78 is 9.02. The van der Waals surface area contributed by atoms with Crippen LogP contribution in [0.4, 0.5) is 5.69 Å². The number of nitrogens with two attached hydrogens (primary N) is 1. The van der Waals surface area contributed by atoms with Crippen molar-refractivity contribution in [3.05, 3.63) is 36.4 Å². The number of anilines is 1. The van der Waals surface area contributed by atoms with Gasteiger partial charge in [-0.3, -0.25) is 0 Å². The van der Waals surface area contributed by atoms with Crippen molar-refractivity contribution in [1.29, 1.82) is 0 Å². The van der Waals surface area contributed by atoms with E-state index in [9.17, 15) is 0 Å². The Hall–Kier alpha value is -1.19. The van der Waals surface area contributed by atoms with Crippen LogP contribution in [0.1, 0.15) is 0 Å². The largest absolute Gasteiger partial charge is 0.398 e. The normalized spacial score (nSPS) is 10.5. The fourth-order valence-corrected chi connectivity index (χ4v) is 1.88. The van der Waals surface area contributed by atoms with Crippen LogP contribution >= 0.6 is 12.0 Å². The van der Waals surface area contributed by atoms with Gasteiger partial charge in [0.25, 0.3) is 0 Å². The van der Waals surface area contributed by atoms with E-state index in [1.165, 1.54) is 0 Å². The zero-order chi connectivity index (χ0) is 9.26. The first-order valence-electron chi connectivity index (χ1n) is 3.91. The second-order valence-corrected chi connectivity index (χ2v) is 3.42. The number of nitrogen functional groups attached to an aromatic ring is 1. The van der Waals surface area contributed by atoms with Crippen LogP contribution < -0.4 is 5.73 Å². The highest BCUT2D eigenvalue weighted by atomic mass is 32.2. The van der Waals surface area contributed by atoms with Gasteiger partial charge in [-0.25, -0.2) is 0 Å². The van der Waals surface area contributed by atoms with Crippen LogP contribution in [0, 0.1) is 0 Å². The molecule has 2 aromatic rings. The Morgan fingerprint density at radius 3 is 2.46 bits per heavy atom. The number of fused-ring (bicyclic) bond motifs is 1. The molecule has 0 spiro atoms. The predicted molar refractivity (Wildman–Crippen MR) is 56.8 cm³/mol. The lowest BCUT2D eigenvalue weighted by molar-refractivity contribution is 0.664. The van der Waals surface area contributed by atoms with E-state index in [1.807, 2.05) is 36.4 Å². The van der Waals surface area contributed by atoms with Gasteiger partial charge in [-0.05, 0) is 17.5 Å². The molecule has 0 aliphatic heterocycles. The van der Waals surface area contributed by atoms with Gasteiger partial charge in [0.05, 0.1) is 0 Å². The average molecular weight is 191 g/mol. The molecule has 0 aliphatic rings. The monoisotopic (exact) mass is 191 g/mol. The molecule has 0 aliphatic carbocycles. The highest BCUT2D eigenvalue weighted by Crippen LogP contribution is 2.30. The van der Waals surface area contributed by atoms with Crippen LogP contribution in [0.2, 0.25) is 0 Å². The van der Waals surface area contributed by atoms with E-state index in [2.05, 4.69) is 0 Å². The summed E-state index contributed by atoms with van der Waals surface area (Å²) in [7, 11) is 0. The Morgan fingerprint density at radius 1 is 1.08 bits per heavy atom. The Kier molecular flexibility index (Phi) is 2.12. The SMILES string of the molecule is Nc1cccc2cccc(SO)c12. The Morgan fingerprint density at radius 2 is 1.77 bits per heavy atom. The fourth-order valence-electron chi connectivity index (χ4n) is 1.41. The van der Waals surface area contributed by atoms with Crippen LogP contribution in [-0.4, -0.2) is 4.55 Å². The van der Waals surface area contributed by atoms with E-state index in [0.717, 1.165) is 27.7 Å². The minimum atomic E-state index is 0.703. The Labute approximate surface area is 80.6 Å². The summed E-state index contributed by atoms with van der Waals surface area (Å²) in [6.07, 6.45) is 0. The quantitative estimate of drug-likeness (QED) is 0.538. The molecule has 0 saturated heterocycles. The molecule has 0 atom stereocenters. The van der Waals surface area contributed by atoms with Gasteiger partial charge >= 0.3 is 0 Å². The predicted octanol–water partition coefficient (Wildman–Crippen LogP) is 2.99. The summed E-state index contributed by atoms with van der Waals surface area (Å²) in [5.74, 6) is 0. The number of hydrogen-bond acceptors (Lipinski definition) is 3. The van der Waals surface area contributed by atoms with Crippen molar-refractivity contribution in [2.24, 2.45) is 0 Å². The van der Waals surface area contributed by atoms with Gasteiger partial charge in [0, 0.05) is 28.0 Å². The third-order valence-electron chi connectivity index (χ3n) is 2.00. The third kappa shape index (κ3) is 1.36. The first kappa shape index (κ1) is 8.41. The molecule has 2 nitrogen and oxygen atoms in total. The maximum atomic E-state index is 9.02. The molecule has 0 unspecified atom stereocenters. The summed E-state index contributed by atoms with van der Waals surface area (Å²) in [5, 5.41) is 1.98. The van der Waals surface area contributed by atoms with Crippen LogP contribution in [0.3, 0.4) is 0 Å². The molecule has 2 aromatic carbocycles. The van der Waals surface area contributed by atoms with Crippen LogP contribution in [0.15, 0.2) is 41.3 Å². The molecular weight excluding hydrogens is 182 g/mol. The minimum absolute atomic E-state index is 0.703. The summed E-state index contributed by atoms with van der Waals surface area (Å²) in [5.41, 5.74) is 6.51. The van der Waals surface area contributed by atoms with Crippen molar-refractivity contribution in [3.8, 4) is 0 Å². The van der Waals surface area contributed by atoms with Crippen molar-refractivity contribution < 1.29 is 4.55 Å². The minimum Gasteiger partial charge on any atom is -0.398 e. The second kappa shape index (κ2) is 3.28. The van der Waals surface area contributed by atoms with E-state index in [0.29, 0.717) is 5.69 Å². The van der Waals surface area contributed by atoms with Gasteiger partial charge in [-0.1, -0.05) is 24.3 Å². The van der Waals surface area contributed by atoms with E-state index in [1.54, 1.807) is 0 Å². The van der Waals surface area contributed by atoms with Crippen LogP contribution in [0.25, 0.3) is 10.8 Å². The maximum Gasteiger partial charge on any atom is 0.0449 e. The molecule has 0 bridgehead atoms. The lowest BCUT2D eigenvalue weighted by Crippen LogP contribution is -1.87. The highest BCUT2D eigenvalue weighted by Gasteiger charge is 2.02. The lowest BCUT2D eigenvalue weighted by Gasteiger charge is -2.04. The van der Waals surface area contributed by atoms with Gasteiger partial charge in [0.15, 0.2) is 0 Å².